The van der Waals surface area contributed by atoms with Crippen molar-refractivity contribution in [2.24, 2.45) is 0 Å². The molecule has 0 spiro atoms. The second-order valence-corrected chi connectivity index (χ2v) is 7.58. The van der Waals surface area contributed by atoms with E-state index >= 15 is 0 Å². The number of benzene rings is 3. The van der Waals surface area contributed by atoms with E-state index in [1.165, 1.54) is 6.33 Å². The van der Waals surface area contributed by atoms with Crippen LogP contribution in [0.4, 0.5) is 17.2 Å². The zero-order valence-corrected chi connectivity index (χ0v) is 17.8. The lowest BCUT2D eigenvalue weighted by Gasteiger charge is -2.11. The lowest BCUT2D eigenvalue weighted by molar-refractivity contribution is -0.115. The summed E-state index contributed by atoms with van der Waals surface area (Å²) in [5.74, 6) is 1.31. The fraction of sp³-hybridized carbons (Fsp3) is 0.0870. The molecule has 150 valence electrons. The number of hydrogen-bond donors (Lipinski definition) is 2. The smallest absolute Gasteiger partial charge is 0.228 e. The van der Waals surface area contributed by atoms with E-state index in [4.69, 9.17) is 4.74 Å². The zero-order valence-electron chi connectivity index (χ0n) is 16.2. The minimum atomic E-state index is -0.0911. The fourth-order valence-corrected chi connectivity index (χ4v) is 3.56. The summed E-state index contributed by atoms with van der Waals surface area (Å²) in [6, 6.07) is 20.9. The highest BCUT2D eigenvalue weighted by Gasteiger charge is 2.09. The Bertz CT molecular complexity index is 1210. The van der Waals surface area contributed by atoms with Crippen LogP contribution in [0.3, 0.4) is 0 Å². The molecule has 0 radical (unpaired) electrons. The van der Waals surface area contributed by atoms with Crippen LogP contribution < -0.4 is 15.4 Å². The van der Waals surface area contributed by atoms with Crippen LogP contribution in [0.15, 0.2) is 77.5 Å². The summed E-state index contributed by atoms with van der Waals surface area (Å²) in [5, 5.41) is 7.06. The molecule has 0 aliphatic carbocycles. The molecular weight excluding hydrogens is 444 g/mol. The molecule has 0 saturated heterocycles. The SMILES string of the molecule is COc1cccc(Nc2ncnc3ccc(NC(=O)Cc4cccc(Br)c4)cc23)c1. The molecule has 0 aliphatic heterocycles. The minimum absolute atomic E-state index is 0.0911. The van der Waals surface area contributed by atoms with Crippen LogP contribution in [0.25, 0.3) is 10.9 Å². The van der Waals surface area contributed by atoms with E-state index in [-0.39, 0.29) is 12.3 Å². The number of aromatic nitrogens is 2. The van der Waals surface area contributed by atoms with Crippen LogP contribution in [-0.4, -0.2) is 23.0 Å². The van der Waals surface area contributed by atoms with Crippen LogP contribution >= 0.6 is 15.9 Å². The molecule has 4 aromatic rings. The number of fused-ring (bicyclic) bond motifs is 1. The van der Waals surface area contributed by atoms with Gasteiger partial charge in [-0.3, -0.25) is 4.79 Å². The number of ether oxygens (including phenoxy) is 1. The topological polar surface area (TPSA) is 76.1 Å². The molecule has 0 atom stereocenters. The summed E-state index contributed by atoms with van der Waals surface area (Å²) in [7, 11) is 1.63. The lowest BCUT2D eigenvalue weighted by atomic mass is 10.1. The Balaban J connectivity index is 1.56. The Labute approximate surface area is 182 Å². The van der Waals surface area contributed by atoms with Gasteiger partial charge in [-0.15, -0.1) is 0 Å². The predicted molar refractivity (Wildman–Crippen MR) is 122 cm³/mol. The molecule has 1 heterocycles. The second kappa shape index (κ2) is 8.92. The number of methoxy groups -OCH3 is 1. The van der Waals surface area contributed by atoms with E-state index in [1.54, 1.807) is 7.11 Å². The van der Waals surface area contributed by atoms with Gasteiger partial charge in [0.2, 0.25) is 5.91 Å². The Kier molecular flexibility index (Phi) is 5.90. The monoisotopic (exact) mass is 462 g/mol. The van der Waals surface area contributed by atoms with Crippen molar-refractivity contribution < 1.29 is 9.53 Å². The van der Waals surface area contributed by atoms with Crippen LogP contribution in [0.2, 0.25) is 0 Å². The third-order valence-corrected chi connectivity index (χ3v) is 5.00. The molecule has 7 heteroatoms. The normalized spacial score (nSPS) is 10.6. The van der Waals surface area contributed by atoms with Gasteiger partial charge in [0.05, 0.1) is 19.0 Å². The van der Waals surface area contributed by atoms with Gasteiger partial charge in [-0.2, -0.15) is 0 Å². The van der Waals surface area contributed by atoms with Gasteiger partial charge in [0.1, 0.15) is 17.9 Å². The summed E-state index contributed by atoms with van der Waals surface area (Å²) in [6.45, 7) is 0. The van der Waals surface area contributed by atoms with E-state index in [1.807, 2.05) is 66.7 Å². The number of anilines is 3. The minimum Gasteiger partial charge on any atom is -0.497 e. The maximum absolute atomic E-state index is 12.5. The Morgan fingerprint density at radius 1 is 1.00 bits per heavy atom. The van der Waals surface area contributed by atoms with Gasteiger partial charge < -0.3 is 15.4 Å². The average Bonchev–Trinajstić information content (AvgIpc) is 2.74. The van der Waals surface area contributed by atoms with Crippen molar-refractivity contribution in [3.63, 3.8) is 0 Å². The molecule has 30 heavy (non-hydrogen) atoms. The predicted octanol–water partition coefficient (Wildman–Crippen LogP) is 5.33. The molecule has 3 aromatic carbocycles. The first kappa shape index (κ1) is 19.8. The Hall–Kier alpha value is -3.45. The molecule has 2 N–H and O–H groups in total. The van der Waals surface area contributed by atoms with Gasteiger partial charge in [0, 0.05) is 27.3 Å². The van der Waals surface area contributed by atoms with Crippen molar-refractivity contribution in [2.45, 2.75) is 6.42 Å². The summed E-state index contributed by atoms with van der Waals surface area (Å²) in [4.78, 5) is 21.2. The second-order valence-electron chi connectivity index (χ2n) is 6.67. The standard InChI is InChI=1S/C23H19BrN4O2/c1-30-19-7-3-6-17(12-19)28-23-20-13-18(8-9-21(20)25-14-26-23)27-22(29)11-15-4-2-5-16(24)10-15/h2-10,12-14H,11H2,1H3,(H,27,29)(H,25,26,28). The number of hydrogen-bond acceptors (Lipinski definition) is 5. The van der Waals surface area contributed by atoms with Gasteiger partial charge in [-0.1, -0.05) is 34.1 Å². The third kappa shape index (κ3) is 4.75. The van der Waals surface area contributed by atoms with Crippen molar-refractivity contribution >= 4 is 49.9 Å². The van der Waals surface area contributed by atoms with Crippen LogP contribution in [-0.2, 0) is 11.2 Å². The van der Waals surface area contributed by atoms with Crippen LogP contribution in [0, 0.1) is 0 Å². The van der Waals surface area contributed by atoms with E-state index < -0.39 is 0 Å². The molecule has 1 aromatic heterocycles. The summed E-state index contributed by atoms with van der Waals surface area (Å²) >= 11 is 3.43. The molecule has 0 fully saturated rings. The fourth-order valence-electron chi connectivity index (χ4n) is 3.11. The van der Waals surface area contributed by atoms with Gasteiger partial charge >= 0.3 is 0 Å². The van der Waals surface area contributed by atoms with Crippen LogP contribution in [0.1, 0.15) is 5.56 Å². The first-order chi connectivity index (χ1) is 14.6. The highest BCUT2D eigenvalue weighted by atomic mass is 79.9. The first-order valence-corrected chi connectivity index (χ1v) is 10.1. The summed E-state index contributed by atoms with van der Waals surface area (Å²) < 4.78 is 6.22. The summed E-state index contributed by atoms with van der Waals surface area (Å²) in [6.07, 6.45) is 1.80. The van der Waals surface area contributed by atoms with E-state index in [0.717, 1.165) is 32.4 Å². The number of carbonyl (C=O) groups excluding carboxylic acids is 1. The number of halogens is 1. The van der Waals surface area contributed by atoms with Gasteiger partial charge in [0.15, 0.2) is 0 Å². The molecule has 0 bridgehead atoms. The first-order valence-electron chi connectivity index (χ1n) is 9.31. The molecule has 1 amide bonds. The zero-order chi connectivity index (χ0) is 20.9. The number of rotatable bonds is 6. The van der Waals surface area contributed by atoms with Crippen molar-refractivity contribution in [3.05, 3.63) is 83.1 Å². The van der Waals surface area contributed by atoms with E-state index in [2.05, 4.69) is 36.5 Å². The maximum Gasteiger partial charge on any atom is 0.228 e. The van der Waals surface area contributed by atoms with Gasteiger partial charge in [-0.25, -0.2) is 9.97 Å². The van der Waals surface area contributed by atoms with Gasteiger partial charge in [-0.05, 0) is 48.0 Å². The molecule has 4 rings (SSSR count). The highest BCUT2D eigenvalue weighted by molar-refractivity contribution is 9.10. The lowest BCUT2D eigenvalue weighted by Crippen LogP contribution is -2.14. The Morgan fingerprint density at radius 3 is 2.70 bits per heavy atom. The largest absolute Gasteiger partial charge is 0.497 e. The molecule has 6 nitrogen and oxygen atoms in total. The molecule has 0 unspecified atom stereocenters. The highest BCUT2D eigenvalue weighted by Crippen LogP contribution is 2.27. The molecular formula is C23H19BrN4O2. The molecule has 0 saturated carbocycles. The van der Waals surface area contributed by atoms with Crippen molar-refractivity contribution in [1.29, 1.82) is 0 Å². The van der Waals surface area contributed by atoms with Crippen molar-refractivity contribution in [2.75, 3.05) is 17.7 Å². The van der Waals surface area contributed by atoms with Gasteiger partial charge in [0.25, 0.3) is 0 Å². The molecule has 0 aliphatic rings. The third-order valence-electron chi connectivity index (χ3n) is 4.51. The summed E-state index contributed by atoms with van der Waals surface area (Å²) in [5.41, 5.74) is 3.25. The maximum atomic E-state index is 12.5. The quantitative estimate of drug-likeness (QED) is 0.405. The Morgan fingerprint density at radius 2 is 1.87 bits per heavy atom. The van der Waals surface area contributed by atoms with E-state index in [9.17, 15) is 4.79 Å². The average molecular weight is 463 g/mol. The van der Waals surface area contributed by atoms with E-state index in [0.29, 0.717) is 11.5 Å². The van der Waals surface area contributed by atoms with Crippen LogP contribution in [0.5, 0.6) is 5.75 Å². The van der Waals surface area contributed by atoms with Crippen molar-refractivity contribution in [3.8, 4) is 5.75 Å². The number of nitrogens with one attached hydrogen (secondary N) is 2. The number of nitrogens with zero attached hydrogens (tertiary/aromatic N) is 2. The van der Waals surface area contributed by atoms with Crippen molar-refractivity contribution in [1.82, 2.24) is 9.97 Å². The number of carbonyl (C=O) groups is 1. The number of amides is 1.